The Morgan fingerprint density at radius 2 is 2.00 bits per heavy atom. The maximum absolute atomic E-state index is 13.6. The summed E-state index contributed by atoms with van der Waals surface area (Å²) in [5, 5.41) is 5.87. The monoisotopic (exact) mass is 358 g/mol. The lowest BCUT2D eigenvalue weighted by molar-refractivity contribution is 0.619. The van der Waals surface area contributed by atoms with Crippen LogP contribution in [0.15, 0.2) is 30.5 Å². The quantitative estimate of drug-likeness (QED) is 0.823. The third-order valence-corrected chi connectivity index (χ3v) is 2.91. The lowest BCUT2D eigenvalue weighted by Gasteiger charge is -2.08. The molecule has 1 heterocycles. The Labute approximate surface area is 118 Å². The molecular weight excluding hydrogens is 346 g/mol. The van der Waals surface area contributed by atoms with Gasteiger partial charge in [-0.2, -0.15) is 4.98 Å². The Kier molecular flexibility index (Phi) is 4.29. The highest BCUT2D eigenvalue weighted by molar-refractivity contribution is 14.1. The molecule has 0 atom stereocenters. The number of halogens is 2. The second-order valence-electron chi connectivity index (χ2n) is 3.55. The van der Waals surface area contributed by atoms with Gasteiger partial charge in [-0.1, -0.05) is 0 Å². The zero-order valence-corrected chi connectivity index (χ0v) is 11.9. The van der Waals surface area contributed by atoms with Crippen molar-refractivity contribution in [1.29, 1.82) is 0 Å². The predicted molar refractivity (Wildman–Crippen MR) is 78.6 cm³/mol. The Balaban J connectivity index is 2.22. The fraction of sp³-hybridized carbons (Fsp3) is 0.167. The molecule has 0 saturated carbocycles. The number of nitrogens with zero attached hydrogens (tertiary/aromatic N) is 2. The molecule has 2 rings (SSSR count). The number of hydrogen-bond donors (Lipinski definition) is 2. The van der Waals surface area contributed by atoms with E-state index < -0.39 is 5.82 Å². The van der Waals surface area contributed by atoms with Gasteiger partial charge in [0.25, 0.3) is 0 Å². The van der Waals surface area contributed by atoms with Crippen molar-refractivity contribution in [1.82, 2.24) is 9.97 Å². The van der Waals surface area contributed by atoms with E-state index in [2.05, 4.69) is 43.2 Å². The minimum absolute atomic E-state index is 0.169. The Hall–Kier alpha value is -1.44. The van der Waals surface area contributed by atoms with E-state index in [1.54, 1.807) is 0 Å². The number of nitrogens with one attached hydrogen (secondary N) is 2. The molecule has 4 nitrogen and oxygen atoms in total. The first-order chi connectivity index (χ1) is 8.69. The van der Waals surface area contributed by atoms with Crippen molar-refractivity contribution >= 4 is 40.0 Å². The second-order valence-corrected chi connectivity index (χ2v) is 4.80. The summed E-state index contributed by atoms with van der Waals surface area (Å²) in [6.45, 7) is 2.62. The lowest BCUT2D eigenvalue weighted by Crippen LogP contribution is -2.05. The molecule has 2 N–H and O–H groups in total. The van der Waals surface area contributed by atoms with Gasteiger partial charge in [0.1, 0.15) is 0 Å². The summed E-state index contributed by atoms with van der Waals surface area (Å²) in [7, 11) is 0. The van der Waals surface area contributed by atoms with Crippen LogP contribution in [0, 0.1) is 9.39 Å². The summed E-state index contributed by atoms with van der Waals surface area (Å²) in [6.07, 6.45) is 1.15. The number of benzene rings is 1. The van der Waals surface area contributed by atoms with E-state index in [0.29, 0.717) is 12.5 Å². The Morgan fingerprint density at radius 1 is 1.28 bits per heavy atom. The van der Waals surface area contributed by atoms with Gasteiger partial charge in [0.2, 0.25) is 5.95 Å². The van der Waals surface area contributed by atoms with E-state index >= 15 is 0 Å². The van der Waals surface area contributed by atoms with Gasteiger partial charge >= 0.3 is 0 Å². The van der Waals surface area contributed by atoms with Crippen LogP contribution in [0.3, 0.4) is 0 Å². The summed E-state index contributed by atoms with van der Waals surface area (Å²) in [5.74, 6) is 0.101. The molecule has 6 heteroatoms. The van der Waals surface area contributed by atoms with Gasteiger partial charge in [0.15, 0.2) is 11.6 Å². The van der Waals surface area contributed by atoms with Crippen LogP contribution in [-0.4, -0.2) is 16.5 Å². The van der Waals surface area contributed by atoms with Crippen LogP contribution in [0.25, 0.3) is 0 Å². The molecular formula is C12H12FIN4. The molecule has 1 aromatic carbocycles. The van der Waals surface area contributed by atoms with E-state index in [1.165, 1.54) is 0 Å². The first-order valence-corrected chi connectivity index (χ1v) is 6.56. The molecule has 0 amide bonds. The molecule has 94 valence electrons. The summed E-state index contributed by atoms with van der Waals surface area (Å²) in [4.78, 5) is 7.92. The smallest absolute Gasteiger partial charge is 0.224 e. The zero-order valence-electron chi connectivity index (χ0n) is 9.74. The second kappa shape index (κ2) is 5.94. The van der Waals surface area contributed by atoms with Crippen LogP contribution in [0.1, 0.15) is 6.92 Å². The Bertz CT molecular complexity index is 530. The van der Waals surface area contributed by atoms with Gasteiger partial charge < -0.3 is 10.6 Å². The number of hydrogen-bond acceptors (Lipinski definition) is 4. The van der Waals surface area contributed by atoms with Crippen LogP contribution >= 0.6 is 22.6 Å². The van der Waals surface area contributed by atoms with Gasteiger partial charge in [-0.05, 0) is 53.8 Å². The molecule has 0 unspecified atom stereocenters. The fourth-order valence-electron chi connectivity index (χ4n) is 1.37. The SMILES string of the molecule is CCNc1ncc(F)c(Nc2ccc(I)cc2)n1. The molecule has 18 heavy (non-hydrogen) atoms. The van der Waals surface area contributed by atoms with E-state index in [1.807, 2.05) is 31.2 Å². The molecule has 0 aliphatic heterocycles. The first kappa shape index (κ1) is 13.0. The minimum Gasteiger partial charge on any atom is -0.354 e. The topological polar surface area (TPSA) is 49.8 Å². The van der Waals surface area contributed by atoms with Gasteiger partial charge in [-0.15, -0.1) is 0 Å². The molecule has 2 aromatic rings. The summed E-state index contributed by atoms with van der Waals surface area (Å²) < 4.78 is 14.7. The predicted octanol–water partition coefficient (Wildman–Crippen LogP) is 3.40. The molecule has 0 spiro atoms. The normalized spacial score (nSPS) is 10.2. The number of anilines is 3. The van der Waals surface area contributed by atoms with Crippen LogP contribution in [0.5, 0.6) is 0 Å². The van der Waals surface area contributed by atoms with E-state index in [9.17, 15) is 4.39 Å². The highest BCUT2D eigenvalue weighted by atomic mass is 127. The largest absolute Gasteiger partial charge is 0.354 e. The van der Waals surface area contributed by atoms with Crippen molar-refractivity contribution in [2.45, 2.75) is 6.92 Å². The van der Waals surface area contributed by atoms with E-state index in [-0.39, 0.29) is 5.82 Å². The van der Waals surface area contributed by atoms with Gasteiger partial charge in [-0.3, -0.25) is 0 Å². The molecule has 0 aliphatic carbocycles. The third-order valence-electron chi connectivity index (χ3n) is 2.19. The summed E-state index contributed by atoms with van der Waals surface area (Å²) in [6, 6.07) is 7.62. The van der Waals surface area contributed by atoms with Crippen molar-refractivity contribution in [3.05, 3.63) is 39.8 Å². The molecule has 0 saturated heterocycles. The van der Waals surface area contributed by atoms with Crippen LogP contribution in [0.4, 0.5) is 21.8 Å². The van der Waals surface area contributed by atoms with Crippen LogP contribution in [-0.2, 0) is 0 Å². The van der Waals surface area contributed by atoms with Crippen LogP contribution < -0.4 is 10.6 Å². The molecule has 0 radical (unpaired) electrons. The van der Waals surface area contributed by atoms with Crippen molar-refractivity contribution in [3.63, 3.8) is 0 Å². The standard InChI is InChI=1S/C12H12FIN4/c1-2-15-12-16-7-10(13)11(18-12)17-9-5-3-8(14)4-6-9/h3-7H,2H2,1H3,(H2,15,16,17,18). The van der Waals surface area contributed by atoms with E-state index in [0.717, 1.165) is 15.5 Å². The van der Waals surface area contributed by atoms with E-state index in [4.69, 9.17) is 0 Å². The highest BCUT2D eigenvalue weighted by Gasteiger charge is 2.06. The van der Waals surface area contributed by atoms with Gasteiger partial charge in [-0.25, -0.2) is 9.37 Å². The van der Waals surface area contributed by atoms with Gasteiger partial charge in [0, 0.05) is 15.8 Å². The minimum atomic E-state index is -0.477. The van der Waals surface area contributed by atoms with Crippen molar-refractivity contribution in [2.24, 2.45) is 0 Å². The van der Waals surface area contributed by atoms with Crippen molar-refractivity contribution in [3.8, 4) is 0 Å². The molecule has 1 aromatic heterocycles. The van der Waals surface area contributed by atoms with Crippen molar-refractivity contribution in [2.75, 3.05) is 17.2 Å². The lowest BCUT2D eigenvalue weighted by atomic mass is 10.3. The van der Waals surface area contributed by atoms with Crippen LogP contribution in [0.2, 0.25) is 0 Å². The maximum atomic E-state index is 13.6. The first-order valence-electron chi connectivity index (χ1n) is 5.48. The third kappa shape index (κ3) is 3.28. The van der Waals surface area contributed by atoms with Gasteiger partial charge in [0.05, 0.1) is 6.20 Å². The highest BCUT2D eigenvalue weighted by Crippen LogP contribution is 2.19. The number of aromatic nitrogens is 2. The average Bonchev–Trinajstić information content (AvgIpc) is 2.36. The zero-order chi connectivity index (χ0) is 13.0. The fourth-order valence-corrected chi connectivity index (χ4v) is 1.73. The summed E-state index contributed by atoms with van der Waals surface area (Å²) >= 11 is 2.21. The molecule has 0 fully saturated rings. The Morgan fingerprint density at radius 3 is 2.67 bits per heavy atom. The average molecular weight is 358 g/mol. The number of rotatable bonds is 4. The molecule has 0 aliphatic rings. The van der Waals surface area contributed by atoms with Crippen molar-refractivity contribution < 1.29 is 4.39 Å². The summed E-state index contributed by atoms with van der Waals surface area (Å²) in [5.41, 5.74) is 0.787. The maximum Gasteiger partial charge on any atom is 0.224 e. The molecule has 0 bridgehead atoms.